The van der Waals surface area contributed by atoms with Gasteiger partial charge in [0, 0.05) is 4.87 Å². The van der Waals surface area contributed by atoms with Gasteiger partial charge in [0.1, 0.15) is 12.7 Å². The second-order valence-electron chi connectivity index (χ2n) is 8.92. The van der Waals surface area contributed by atoms with Gasteiger partial charge in [-0.3, -0.25) is 4.79 Å². The number of anilines is 1. The average molecular weight is 425 g/mol. The Balaban J connectivity index is 1.50. The first-order chi connectivity index (χ1) is 13.7. The Kier molecular flexibility index (Phi) is 4.04. The van der Waals surface area contributed by atoms with Crippen LogP contribution < -0.4 is 5.32 Å². The predicted octanol–water partition coefficient (Wildman–Crippen LogP) is 4.80. The van der Waals surface area contributed by atoms with Crippen molar-refractivity contribution in [2.24, 2.45) is 17.3 Å². The summed E-state index contributed by atoms with van der Waals surface area (Å²) in [6.07, 6.45) is 3.19. The fourth-order valence-corrected chi connectivity index (χ4v) is 6.71. The maximum absolute atomic E-state index is 13.4. The molecule has 154 valence electrons. The summed E-state index contributed by atoms with van der Waals surface area (Å²) in [5.41, 5.74) is -1.01. The molecule has 9 heteroatoms. The number of rotatable bonds is 3. The molecule has 0 aliphatic heterocycles. The third-order valence-electron chi connectivity index (χ3n) is 6.71. The molecular weight excluding hydrogens is 405 g/mol. The number of hydrogen-bond acceptors (Lipinski definition) is 3. The molecule has 4 saturated carbocycles. The van der Waals surface area contributed by atoms with Crippen molar-refractivity contribution in [3.63, 3.8) is 0 Å². The molecule has 0 unspecified atom stereocenters. The minimum atomic E-state index is -4.51. The van der Waals surface area contributed by atoms with Crippen molar-refractivity contribution in [3.8, 4) is 5.69 Å². The van der Waals surface area contributed by atoms with Crippen LogP contribution in [0.5, 0.6) is 0 Å². The zero-order valence-electron chi connectivity index (χ0n) is 15.5. The van der Waals surface area contributed by atoms with Gasteiger partial charge in [0.15, 0.2) is 0 Å². The quantitative estimate of drug-likeness (QED) is 0.720. The minimum Gasteiger partial charge on any atom is -0.324 e. The van der Waals surface area contributed by atoms with Crippen molar-refractivity contribution in [1.82, 2.24) is 14.8 Å². The standard InChI is InChI=1S/C20H20ClF3N4O/c21-19-7-12-3-13(8-19)6-18(5-12,9-19)17(29)27-15-4-14(20(22,23)24)1-2-16(15)28-11-25-10-26-28/h1-2,4,10-13H,3,5-9H2,(H,27,29)/t12-,13-,18?,19?/m0/s1. The van der Waals surface area contributed by atoms with E-state index in [1.807, 2.05) is 0 Å². The molecule has 4 fully saturated rings. The summed E-state index contributed by atoms with van der Waals surface area (Å²) in [4.78, 5) is 16.9. The normalized spacial score (nSPS) is 33.1. The van der Waals surface area contributed by atoms with Gasteiger partial charge in [-0.25, -0.2) is 9.67 Å². The Bertz CT molecular complexity index is 945. The molecule has 1 amide bonds. The number of nitrogens with zero attached hydrogens (tertiary/aromatic N) is 3. The lowest BCUT2D eigenvalue weighted by Crippen LogP contribution is -2.57. The van der Waals surface area contributed by atoms with Crippen LogP contribution in [-0.2, 0) is 11.0 Å². The maximum Gasteiger partial charge on any atom is 0.416 e. The van der Waals surface area contributed by atoms with Gasteiger partial charge in [-0.2, -0.15) is 18.3 Å². The number of benzene rings is 1. The predicted molar refractivity (Wildman–Crippen MR) is 101 cm³/mol. The highest BCUT2D eigenvalue weighted by molar-refractivity contribution is 6.24. The van der Waals surface area contributed by atoms with Gasteiger partial charge in [-0.15, -0.1) is 11.6 Å². The van der Waals surface area contributed by atoms with E-state index in [0.29, 0.717) is 23.9 Å². The lowest BCUT2D eigenvalue weighted by atomic mass is 9.49. The highest BCUT2D eigenvalue weighted by Crippen LogP contribution is 2.64. The van der Waals surface area contributed by atoms with Crippen molar-refractivity contribution in [3.05, 3.63) is 36.4 Å². The Labute approximate surface area is 170 Å². The van der Waals surface area contributed by atoms with Crippen LogP contribution in [-0.4, -0.2) is 25.5 Å². The number of nitrogens with one attached hydrogen (secondary N) is 1. The van der Waals surface area contributed by atoms with Crippen LogP contribution in [0.15, 0.2) is 30.9 Å². The Hall–Kier alpha value is -2.09. The minimum absolute atomic E-state index is 0.0784. The monoisotopic (exact) mass is 424 g/mol. The summed E-state index contributed by atoms with van der Waals surface area (Å²) in [6, 6.07) is 3.24. The van der Waals surface area contributed by atoms with Crippen LogP contribution in [0.2, 0.25) is 0 Å². The molecule has 2 aromatic rings. The summed E-state index contributed by atoms with van der Waals surface area (Å²) in [6.45, 7) is 0. The molecule has 4 aliphatic rings. The number of alkyl halides is 4. The van der Waals surface area contributed by atoms with Gasteiger partial charge in [0.05, 0.1) is 22.4 Å². The Morgan fingerprint density at radius 2 is 1.93 bits per heavy atom. The van der Waals surface area contributed by atoms with Gasteiger partial charge in [0.25, 0.3) is 0 Å². The lowest BCUT2D eigenvalue weighted by molar-refractivity contribution is -0.139. The van der Waals surface area contributed by atoms with Crippen LogP contribution in [0.25, 0.3) is 5.69 Å². The second-order valence-corrected chi connectivity index (χ2v) is 9.72. The van der Waals surface area contributed by atoms with Crippen molar-refractivity contribution < 1.29 is 18.0 Å². The van der Waals surface area contributed by atoms with Crippen LogP contribution >= 0.6 is 11.6 Å². The molecule has 5 nitrogen and oxygen atoms in total. The number of carbonyl (C=O) groups is 1. The van der Waals surface area contributed by atoms with E-state index in [9.17, 15) is 18.0 Å². The second kappa shape index (κ2) is 6.20. The van der Waals surface area contributed by atoms with Gasteiger partial charge in [0.2, 0.25) is 5.91 Å². The third kappa shape index (κ3) is 3.21. The van der Waals surface area contributed by atoms with E-state index in [-0.39, 0.29) is 16.5 Å². The number of carbonyl (C=O) groups excluding carboxylic acids is 1. The van der Waals surface area contributed by atoms with Crippen LogP contribution in [0.4, 0.5) is 18.9 Å². The van der Waals surface area contributed by atoms with E-state index in [1.54, 1.807) is 0 Å². The molecule has 29 heavy (non-hydrogen) atoms. The van der Waals surface area contributed by atoms with Crippen molar-refractivity contribution in [1.29, 1.82) is 0 Å². The van der Waals surface area contributed by atoms with E-state index >= 15 is 0 Å². The molecule has 1 aromatic carbocycles. The summed E-state index contributed by atoms with van der Waals surface area (Å²) < 4.78 is 41.2. The average Bonchev–Trinajstić information content (AvgIpc) is 3.13. The summed E-state index contributed by atoms with van der Waals surface area (Å²) in [5, 5.41) is 6.80. The molecule has 1 aromatic heterocycles. The maximum atomic E-state index is 13.4. The number of halogens is 4. The van der Waals surface area contributed by atoms with Gasteiger partial charge in [-0.1, -0.05) is 0 Å². The Morgan fingerprint density at radius 1 is 1.21 bits per heavy atom. The first kappa shape index (κ1) is 18.9. The molecule has 0 spiro atoms. The van der Waals surface area contributed by atoms with Crippen LogP contribution in [0.1, 0.15) is 44.1 Å². The van der Waals surface area contributed by atoms with E-state index in [2.05, 4.69) is 15.4 Å². The fraction of sp³-hybridized carbons (Fsp3) is 0.550. The van der Waals surface area contributed by atoms with Gasteiger partial charge in [-0.05, 0) is 68.6 Å². The number of amides is 1. The van der Waals surface area contributed by atoms with E-state index in [4.69, 9.17) is 11.6 Å². The Morgan fingerprint density at radius 3 is 2.52 bits per heavy atom. The first-order valence-corrected chi connectivity index (χ1v) is 10.1. The van der Waals surface area contributed by atoms with Crippen molar-refractivity contribution in [2.45, 2.75) is 49.6 Å². The molecule has 0 radical (unpaired) electrons. The van der Waals surface area contributed by atoms with E-state index in [1.165, 1.54) is 23.4 Å². The zero-order valence-corrected chi connectivity index (χ0v) is 16.3. The lowest BCUT2D eigenvalue weighted by Gasteiger charge is -2.59. The van der Waals surface area contributed by atoms with Crippen molar-refractivity contribution in [2.75, 3.05) is 5.32 Å². The molecule has 4 bridgehead atoms. The molecule has 0 saturated heterocycles. The highest BCUT2D eigenvalue weighted by Gasteiger charge is 2.60. The molecule has 6 rings (SSSR count). The largest absolute Gasteiger partial charge is 0.416 e. The van der Waals surface area contributed by atoms with Crippen LogP contribution in [0.3, 0.4) is 0 Å². The van der Waals surface area contributed by atoms with Crippen LogP contribution in [0, 0.1) is 17.3 Å². The first-order valence-electron chi connectivity index (χ1n) is 9.73. The molecule has 2 atom stereocenters. The SMILES string of the molecule is O=C(Nc1cc(C(F)(F)F)ccc1-n1cncn1)C12C[C@@H]3C[C@H](CC(Cl)(C3)C1)C2. The van der Waals surface area contributed by atoms with E-state index in [0.717, 1.165) is 44.2 Å². The molecular formula is C20H20ClF3N4O. The topological polar surface area (TPSA) is 59.8 Å². The smallest absolute Gasteiger partial charge is 0.324 e. The third-order valence-corrected chi connectivity index (χ3v) is 7.15. The van der Waals surface area contributed by atoms with Gasteiger partial charge >= 0.3 is 6.18 Å². The molecule has 4 aliphatic carbocycles. The molecule has 1 heterocycles. The number of hydrogen-bond donors (Lipinski definition) is 1. The van der Waals surface area contributed by atoms with Gasteiger partial charge < -0.3 is 5.32 Å². The zero-order chi connectivity index (χ0) is 20.4. The van der Waals surface area contributed by atoms with E-state index < -0.39 is 17.2 Å². The van der Waals surface area contributed by atoms with Crippen molar-refractivity contribution >= 4 is 23.2 Å². The summed E-state index contributed by atoms with van der Waals surface area (Å²) in [7, 11) is 0. The summed E-state index contributed by atoms with van der Waals surface area (Å²) >= 11 is 6.81. The fourth-order valence-electron chi connectivity index (χ4n) is 6.02. The summed E-state index contributed by atoms with van der Waals surface area (Å²) in [5.74, 6) is 0.587. The molecule has 1 N–H and O–H groups in total. The highest BCUT2D eigenvalue weighted by atomic mass is 35.5. The number of aromatic nitrogens is 3.